The number of piperidine rings is 1. The Morgan fingerprint density at radius 2 is 2.09 bits per heavy atom. The molecule has 124 valence electrons. The fourth-order valence-electron chi connectivity index (χ4n) is 3.08. The van der Waals surface area contributed by atoms with E-state index in [0.717, 1.165) is 30.1 Å². The monoisotopic (exact) mass is 323 g/mol. The van der Waals surface area contributed by atoms with Crippen LogP contribution in [-0.2, 0) is 4.79 Å². The van der Waals surface area contributed by atoms with Crippen LogP contribution in [0.1, 0.15) is 68.1 Å². The van der Waals surface area contributed by atoms with Crippen LogP contribution in [0.15, 0.2) is 0 Å². The third kappa shape index (κ3) is 3.69. The van der Waals surface area contributed by atoms with E-state index in [0.29, 0.717) is 12.0 Å². The Labute approximate surface area is 138 Å². The smallest absolute Gasteiger partial charge is 0.226 e. The highest BCUT2D eigenvalue weighted by atomic mass is 32.1. The molecule has 0 radical (unpaired) electrons. The molecule has 1 unspecified atom stereocenters. The van der Waals surface area contributed by atoms with Gasteiger partial charge in [-0.25, -0.2) is 4.98 Å². The van der Waals surface area contributed by atoms with Gasteiger partial charge in [-0.1, -0.05) is 13.8 Å². The molecule has 1 amide bonds. The first-order valence-electron chi connectivity index (χ1n) is 8.28. The normalized spacial score (nSPS) is 23.6. The van der Waals surface area contributed by atoms with E-state index in [1.165, 1.54) is 4.88 Å². The maximum Gasteiger partial charge on any atom is 0.226 e. The number of carbonyl (C=O) groups excluding carboxylic acids is 1. The van der Waals surface area contributed by atoms with Gasteiger partial charge in [0.05, 0.1) is 16.7 Å². The minimum Gasteiger partial charge on any atom is -0.338 e. The first kappa shape index (κ1) is 17.4. The molecule has 0 aromatic carbocycles. The highest BCUT2D eigenvalue weighted by molar-refractivity contribution is 7.11. The van der Waals surface area contributed by atoms with Gasteiger partial charge >= 0.3 is 0 Å². The Balaban J connectivity index is 2.11. The zero-order chi connectivity index (χ0) is 16.4. The van der Waals surface area contributed by atoms with Crippen molar-refractivity contribution in [2.24, 2.45) is 5.92 Å². The van der Waals surface area contributed by atoms with Crippen LogP contribution >= 0.6 is 11.3 Å². The summed E-state index contributed by atoms with van der Waals surface area (Å²) in [6, 6.07) is 0.534. The number of hydrogen-bond donors (Lipinski definition) is 1. The second-order valence-electron chi connectivity index (χ2n) is 6.86. The van der Waals surface area contributed by atoms with Crippen molar-refractivity contribution in [2.75, 3.05) is 13.6 Å². The van der Waals surface area contributed by atoms with E-state index in [-0.39, 0.29) is 17.9 Å². The Hall–Kier alpha value is -0.940. The van der Waals surface area contributed by atoms with Crippen molar-refractivity contribution in [3.05, 3.63) is 15.6 Å². The lowest BCUT2D eigenvalue weighted by Crippen LogP contribution is -2.43. The van der Waals surface area contributed by atoms with Gasteiger partial charge in [-0.05, 0) is 40.2 Å². The summed E-state index contributed by atoms with van der Waals surface area (Å²) in [6.45, 7) is 11.6. The molecule has 5 heteroatoms. The van der Waals surface area contributed by atoms with Gasteiger partial charge in [-0.15, -0.1) is 11.3 Å². The standard InChI is InChI=1S/C17H29N3OS/c1-10(2)16-19-12(4)15(22-16)13(5)20(6)17(21)14-7-8-18-11(3)9-14/h10-11,13-14,18H,7-9H2,1-6H3/t11-,13?,14-/m0/s1. The van der Waals surface area contributed by atoms with Crippen molar-refractivity contribution in [2.45, 2.75) is 65.5 Å². The Kier molecular flexibility index (Phi) is 5.61. The third-order valence-electron chi connectivity index (χ3n) is 4.62. The molecule has 2 heterocycles. The van der Waals surface area contributed by atoms with E-state index < -0.39 is 0 Å². The summed E-state index contributed by atoms with van der Waals surface area (Å²) in [5.41, 5.74) is 1.07. The van der Waals surface area contributed by atoms with Gasteiger partial charge in [0.25, 0.3) is 0 Å². The van der Waals surface area contributed by atoms with E-state index in [9.17, 15) is 4.79 Å². The van der Waals surface area contributed by atoms with E-state index in [2.05, 4.69) is 44.9 Å². The molecule has 3 atom stereocenters. The first-order valence-corrected chi connectivity index (χ1v) is 9.10. The lowest BCUT2D eigenvalue weighted by molar-refractivity contribution is -0.137. The number of rotatable bonds is 4. The van der Waals surface area contributed by atoms with Crippen LogP contribution < -0.4 is 5.32 Å². The van der Waals surface area contributed by atoms with Gasteiger partial charge in [-0.3, -0.25) is 4.79 Å². The molecule has 0 saturated carbocycles. The molecule has 4 nitrogen and oxygen atoms in total. The molecule has 2 rings (SSSR count). The van der Waals surface area contributed by atoms with Crippen molar-refractivity contribution in [1.82, 2.24) is 15.2 Å². The molecule has 22 heavy (non-hydrogen) atoms. The molecule has 1 aromatic heterocycles. The quantitative estimate of drug-likeness (QED) is 0.922. The summed E-state index contributed by atoms with van der Waals surface area (Å²) >= 11 is 1.75. The molecular formula is C17H29N3OS. The van der Waals surface area contributed by atoms with Crippen molar-refractivity contribution in [1.29, 1.82) is 0 Å². The first-order chi connectivity index (χ1) is 10.3. The molecule has 0 spiro atoms. The number of nitrogens with one attached hydrogen (secondary N) is 1. The SMILES string of the molecule is Cc1nc(C(C)C)sc1C(C)N(C)C(=O)[C@H]1CCN[C@@H](C)C1. The Morgan fingerprint density at radius 1 is 1.41 bits per heavy atom. The van der Waals surface area contributed by atoms with Crippen LogP contribution in [0.25, 0.3) is 0 Å². The molecule has 0 aliphatic carbocycles. The number of nitrogens with zero attached hydrogens (tertiary/aromatic N) is 2. The average Bonchev–Trinajstić information content (AvgIpc) is 2.87. The highest BCUT2D eigenvalue weighted by Crippen LogP contribution is 2.33. The summed E-state index contributed by atoms with van der Waals surface area (Å²) in [4.78, 5) is 20.6. The predicted molar refractivity (Wildman–Crippen MR) is 92.3 cm³/mol. The van der Waals surface area contributed by atoms with Gasteiger partial charge in [0, 0.05) is 29.8 Å². The minimum atomic E-state index is 0.0997. The molecule has 1 aromatic rings. The third-order valence-corrected chi connectivity index (χ3v) is 6.25. The summed E-state index contributed by atoms with van der Waals surface area (Å²) in [5, 5.41) is 4.58. The average molecular weight is 324 g/mol. The second kappa shape index (κ2) is 7.09. The molecule has 1 aliphatic heterocycles. The Bertz CT molecular complexity index is 526. The molecule has 1 aliphatic rings. The van der Waals surface area contributed by atoms with Crippen molar-refractivity contribution >= 4 is 17.2 Å². The van der Waals surface area contributed by atoms with E-state index >= 15 is 0 Å². The van der Waals surface area contributed by atoms with E-state index in [1.807, 2.05) is 11.9 Å². The fraction of sp³-hybridized carbons (Fsp3) is 0.765. The zero-order valence-electron chi connectivity index (χ0n) is 14.6. The lowest BCUT2D eigenvalue weighted by atomic mass is 9.91. The number of carbonyl (C=O) groups is 1. The van der Waals surface area contributed by atoms with Crippen LogP contribution in [-0.4, -0.2) is 35.4 Å². The highest BCUT2D eigenvalue weighted by Gasteiger charge is 2.30. The molecule has 1 fully saturated rings. The number of hydrogen-bond acceptors (Lipinski definition) is 4. The van der Waals surface area contributed by atoms with Crippen LogP contribution in [0.4, 0.5) is 0 Å². The van der Waals surface area contributed by atoms with Gasteiger partial charge in [0.2, 0.25) is 5.91 Å². The van der Waals surface area contributed by atoms with Crippen LogP contribution in [0.2, 0.25) is 0 Å². The summed E-state index contributed by atoms with van der Waals surface area (Å²) in [6.07, 6.45) is 1.88. The fourth-order valence-corrected chi connectivity index (χ4v) is 4.24. The molecular weight excluding hydrogens is 294 g/mol. The van der Waals surface area contributed by atoms with Crippen LogP contribution in [0, 0.1) is 12.8 Å². The van der Waals surface area contributed by atoms with E-state index in [4.69, 9.17) is 0 Å². The molecule has 0 bridgehead atoms. The number of aromatic nitrogens is 1. The lowest BCUT2D eigenvalue weighted by Gasteiger charge is -2.33. The van der Waals surface area contributed by atoms with Gasteiger partial charge in [0.15, 0.2) is 0 Å². The largest absolute Gasteiger partial charge is 0.338 e. The van der Waals surface area contributed by atoms with Gasteiger partial charge in [-0.2, -0.15) is 0 Å². The molecule has 1 N–H and O–H groups in total. The van der Waals surface area contributed by atoms with Crippen molar-refractivity contribution in [3.8, 4) is 0 Å². The Morgan fingerprint density at radius 3 is 2.64 bits per heavy atom. The van der Waals surface area contributed by atoms with Crippen LogP contribution in [0.5, 0.6) is 0 Å². The molecule has 1 saturated heterocycles. The minimum absolute atomic E-state index is 0.0997. The maximum atomic E-state index is 12.8. The van der Waals surface area contributed by atoms with Crippen LogP contribution in [0.3, 0.4) is 0 Å². The summed E-state index contributed by atoms with van der Waals surface area (Å²) in [7, 11) is 1.94. The number of aryl methyl sites for hydroxylation is 1. The van der Waals surface area contributed by atoms with Crippen molar-refractivity contribution < 1.29 is 4.79 Å². The number of amides is 1. The maximum absolute atomic E-state index is 12.8. The zero-order valence-corrected chi connectivity index (χ0v) is 15.5. The second-order valence-corrected chi connectivity index (χ2v) is 7.92. The van der Waals surface area contributed by atoms with Gasteiger partial charge in [0.1, 0.15) is 0 Å². The topological polar surface area (TPSA) is 45.2 Å². The summed E-state index contributed by atoms with van der Waals surface area (Å²) in [5.74, 6) is 0.872. The van der Waals surface area contributed by atoms with Gasteiger partial charge < -0.3 is 10.2 Å². The predicted octanol–water partition coefficient (Wildman–Crippen LogP) is 3.48. The van der Waals surface area contributed by atoms with Crippen molar-refractivity contribution in [3.63, 3.8) is 0 Å². The summed E-state index contributed by atoms with van der Waals surface area (Å²) < 4.78 is 0. The van der Waals surface area contributed by atoms with E-state index in [1.54, 1.807) is 11.3 Å². The number of thiazole rings is 1.